The van der Waals surface area contributed by atoms with Gasteiger partial charge in [0.2, 0.25) is 11.9 Å². The summed E-state index contributed by atoms with van der Waals surface area (Å²) in [7, 11) is 0. The number of amides is 1. The lowest BCUT2D eigenvalue weighted by Crippen LogP contribution is -2.39. The highest BCUT2D eigenvalue weighted by molar-refractivity contribution is 5.83. The first-order valence-electron chi connectivity index (χ1n) is 8.47. The van der Waals surface area contributed by atoms with Crippen LogP contribution < -0.4 is 16.4 Å². The Hall–Kier alpha value is -2.38. The van der Waals surface area contributed by atoms with Crippen molar-refractivity contribution >= 4 is 28.8 Å². The number of nitrogens with zero attached hydrogens (tertiary/aromatic N) is 4. The summed E-state index contributed by atoms with van der Waals surface area (Å²) < 4.78 is 1.99. The van der Waals surface area contributed by atoms with Gasteiger partial charge in [-0.15, -0.1) is 0 Å². The summed E-state index contributed by atoms with van der Waals surface area (Å²) in [6.45, 7) is 5.72. The topological polar surface area (TPSA) is 111 Å². The molecule has 8 heteroatoms. The van der Waals surface area contributed by atoms with Crippen molar-refractivity contribution in [1.82, 2.24) is 24.8 Å². The van der Waals surface area contributed by atoms with E-state index in [0.717, 1.165) is 31.3 Å². The normalized spacial score (nSPS) is 21.2. The standard InChI is InChI=1S/C16H25N7O/c1-9(2)23-8-18-13-14(17)21-16(22-15(13)23)20-12-6-4-11(5-7-12)19-10(3)24/h8-9,11-12H,4-7H2,1-3H3,(H,19,24)(H3,17,20,21,22). The fourth-order valence-corrected chi connectivity index (χ4v) is 3.23. The van der Waals surface area contributed by atoms with E-state index in [1.54, 1.807) is 13.3 Å². The van der Waals surface area contributed by atoms with Crippen molar-refractivity contribution in [3.8, 4) is 0 Å². The average Bonchev–Trinajstić information content (AvgIpc) is 2.93. The molecule has 0 spiro atoms. The summed E-state index contributed by atoms with van der Waals surface area (Å²) in [4.78, 5) is 24.4. The number of rotatable bonds is 4. The maximum Gasteiger partial charge on any atom is 0.226 e. The number of hydrogen-bond acceptors (Lipinski definition) is 6. The first-order valence-corrected chi connectivity index (χ1v) is 8.47. The van der Waals surface area contributed by atoms with Crippen molar-refractivity contribution in [3.05, 3.63) is 6.33 Å². The largest absolute Gasteiger partial charge is 0.382 e. The molecule has 4 N–H and O–H groups in total. The van der Waals surface area contributed by atoms with Crippen LogP contribution in [0.25, 0.3) is 11.2 Å². The zero-order valence-corrected chi connectivity index (χ0v) is 14.4. The van der Waals surface area contributed by atoms with Gasteiger partial charge in [-0.25, -0.2) is 4.98 Å². The van der Waals surface area contributed by atoms with E-state index in [1.807, 2.05) is 4.57 Å². The third-order valence-electron chi connectivity index (χ3n) is 4.47. The van der Waals surface area contributed by atoms with Crippen LogP contribution in [0.3, 0.4) is 0 Å². The minimum Gasteiger partial charge on any atom is -0.382 e. The number of imidazole rings is 1. The molecule has 0 unspecified atom stereocenters. The van der Waals surface area contributed by atoms with Gasteiger partial charge in [-0.2, -0.15) is 9.97 Å². The molecule has 24 heavy (non-hydrogen) atoms. The van der Waals surface area contributed by atoms with E-state index in [-0.39, 0.29) is 18.0 Å². The molecule has 1 fully saturated rings. The van der Waals surface area contributed by atoms with E-state index in [4.69, 9.17) is 5.73 Å². The fourth-order valence-electron chi connectivity index (χ4n) is 3.23. The third kappa shape index (κ3) is 3.42. The molecule has 3 rings (SSSR count). The summed E-state index contributed by atoms with van der Waals surface area (Å²) in [5.74, 6) is 0.981. The van der Waals surface area contributed by atoms with Crippen LogP contribution in [0.2, 0.25) is 0 Å². The lowest BCUT2D eigenvalue weighted by Gasteiger charge is -2.29. The van der Waals surface area contributed by atoms with E-state index in [2.05, 4.69) is 39.4 Å². The Kier molecular flexibility index (Phi) is 4.55. The van der Waals surface area contributed by atoms with E-state index in [1.165, 1.54) is 0 Å². The van der Waals surface area contributed by atoms with E-state index in [0.29, 0.717) is 23.3 Å². The number of nitrogen functional groups attached to an aromatic ring is 1. The van der Waals surface area contributed by atoms with Gasteiger partial charge in [0.15, 0.2) is 11.5 Å². The number of hydrogen-bond donors (Lipinski definition) is 3. The molecule has 0 saturated heterocycles. The molecule has 0 bridgehead atoms. The van der Waals surface area contributed by atoms with Crippen LogP contribution >= 0.6 is 0 Å². The number of carbonyl (C=O) groups is 1. The quantitative estimate of drug-likeness (QED) is 0.788. The first-order chi connectivity index (χ1) is 11.4. The summed E-state index contributed by atoms with van der Waals surface area (Å²) >= 11 is 0. The van der Waals surface area contributed by atoms with Crippen molar-refractivity contribution in [3.63, 3.8) is 0 Å². The third-order valence-corrected chi connectivity index (χ3v) is 4.47. The Morgan fingerprint density at radius 1 is 1.25 bits per heavy atom. The fraction of sp³-hybridized carbons (Fsp3) is 0.625. The Balaban J connectivity index is 1.72. The van der Waals surface area contributed by atoms with Crippen LogP contribution in [0, 0.1) is 0 Å². The second kappa shape index (κ2) is 6.62. The van der Waals surface area contributed by atoms with Crippen molar-refractivity contribution in [2.45, 2.75) is 64.6 Å². The van der Waals surface area contributed by atoms with Crippen LogP contribution in [0.15, 0.2) is 6.33 Å². The highest BCUT2D eigenvalue weighted by Gasteiger charge is 2.23. The summed E-state index contributed by atoms with van der Waals surface area (Å²) in [6, 6.07) is 0.823. The van der Waals surface area contributed by atoms with Crippen molar-refractivity contribution < 1.29 is 4.79 Å². The van der Waals surface area contributed by atoms with Gasteiger partial charge in [0.1, 0.15) is 5.52 Å². The van der Waals surface area contributed by atoms with Gasteiger partial charge in [-0.3, -0.25) is 4.79 Å². The Labute approximate surface area is 141 Å². The molecule has 0 atom stereocenters. The van der Waals surface area contributed by atoms with Gasteiger partial charge in [-0.05, 0) is 39.5 Å². The molecule has 0 aliphatic heterocycles. The highest BCUT2D eigenvalue weighted by atomic mass is 16.1. The molecule has 0 radical (unpaired) electrons. The monoisotopic (exact) mass is 331 g/mol. The van der Waals surface area contributed by atoms with Crippen molar-refractivity contribution in [2.75, 3.05) is 11.1 Å². The van der Waals surface area contributed by atoms with E-state index in [9.17, 15) is 4.79 Å². The molecular formula is C16H25N7O. The van der Waals surface area contributed by atoms with E-state index >= 15 is 0 Å². The average molecular weight is 331 g/mol. The lowest BCUT2D eigenvalue weighted by atomic mass is 9.91. The van der Waals surface area contributed by atoms with Crippen LogP contribution in [0.4, 0.5) is 11.8 Å². The number of aromatic nitrogens is 4. The van der Waals surface area contributed by atoms with Gasteiger partial charge in [0.25, 0.3) is 0 Å². The van der Waals surface area contributed by atoms with Gasteiger partial charge < -0.3 is 20.9 Å². The van der Waals surface area contributed by atoms with Gasteiger partial charge >= 0.3 is 0 Å². The second-order valence-electron chi connectivity index (χ2n) is 6.74. The highest BCUT2D eigenvalue weighted by Crippen LogP contribution is 2.24. The van der Waals surface area contributed by atoms with Crippen LogP contribution in [0.5, 0.6) is 0 Å². The molecule has 0 aromatic carbocycles. The Bertz CT molecular complexity index is 731. The molecule has 130 valence electrons. The van der Waals surface area contributed by atoms with Gasteiger partial charge in [-0.1, -0.05) is 0 Å². The molecular weight excluding hydrogens is 306 g/mol. The van der Waals surface area contributed by atoms with Crippen molar-refractivity contribution in [2.24, 2.45) is 0 Å². The van der Waals surface area contributed by atoms with Gasteiger partial charge in [0.05, 0.1) is 6.33 Å². The summed E-state index contributed by atoms with van der Waals surface area (Å²) in [6.07, 6.45) is 5.60. The zero-order chi connectivity index (χ0) is 17.3. The molecule has 2 aromatic rings. The molecule has 1 aliphatic carbocycles. The van der Waals surface area contributed by atoms with Crippen LogP contribution in [-0.4, -0.2) is 37.5 Å². The minimum absolute atomic E-state index is 0.0370. The molecule has 8 nitrogen and oxygen atoms in total. The Morgan fingerprint density at radius 3 is 2.54 bits per heavy atom. The molecule has 2 heterocycles. The minimum atomic E-state index is 0.0370. The molecule has 2 aromatic heterocycles. The SMILES string of the molecule is CC(=O)NC1CCC(Nc2nc(N)c3ncn(C(C)C)c3n2)CC1. The second-order valence-corrected chi connectivity index (χ2v) is 6.74. The Morgan fingerprint density at radius 2 is 1.92 bits per heavy atom. The summed E-state index contributed by atoms with van der Waals surface area (Å²) in [5, 5.41) is 6.37. The zero-order valence-electron chi connectivity index (χ0n) is 14.4. The summed E-state index contributed by atoms with van der Waals surface area (Å²) in [5.41, 5.74) is 7.44. The van der Waals surface area contributed by atoms with Crippen LogP contribution in [0.1, 0.15) is 52.5 Å². The van der Waals surface area contributed by atoms with Crippen LogP contribution in [-0.2, 0) is 4.79 Å². The molecule has 1 aliphatic rings. The van der Waals surface area contributed by atoms with E-state index < -0.39 is 0 Å². The first kappa shape index (κ1) is 16.5. The molecule has 1 saturated carbocycles. The number of nitrogens with two attached hydrogens (primary N) is 1. The smallest absolute Gasteiger partial charge is 0.226 e. The number of carbonyl (C=O) groups excluding carboxylic acids is 1. The predicted octanol–water partition coefficient (Wildman–Crippen LogP) is 1.85. The molecule has 1 amide bonds. The maximum atomic E-state index is 11.1. The number of anilines is 2. The van der Waals surface area contributed by atoms with Gasteiger partial charge in [0, 0.05) is 25.0 Å². The maximum absolute atomic E-state index is 11.1. The predicted molar refractivity (Wildman–Crippen MR) is 93.6 cm³/mol. The van der Waals surface area contributed by atoms with Crippen molar-refractivity contribution in [1.29, 1.82) is 0 Å². The number of fused-ring (bicyclic) bond motifs is 1. The number of nitrogens with one attached hydrogen (secondary N) is 2. The lowest BCUT2D eigenvalue weighted by molar-refractivity contribution is -0.119.